The molecule has 1 aromatic heterocycles. The van der Waals surface area contributed by atoms with Crippen LogP contribution in [0.3, 0.4) is 0 Å². The minimum absolute atomic E-state index is 0.188. The fraction of sp³-hybridized carbons (Fsp3) is 0.280. The maximum Gasteiger partial charge on any atom is 0.407 e. The summed E-state index contributed by atoms with van der Waals surface area (Å²) in [7, 11) is 0. The molecule has 4 unspecified atom stereocenters. The van der Waals surface area contributed by atoms with Crippen LogP contribution in [0.4, 0.5) is 10.7 Å². The molecule has 1 amide bonds. The lowest BCUT2D eigenvalue weighted by Crippen LogP contribution is -2.39. The maximum atomic E-state index is 12.3. The monoisotopic (exact) mass is 457 g/mol. The van der Waals surface area contributed by atoms with E-state index in [1.807, 2.05) is 42.5 Å². The van der Waals surface area contributed by atoms with Gasteiger partial charge in [-0.1, -0.05) is 42.5 Å². The topological polar surface area (TPSA) is 118 Å². The van der Waals surface area contributed by atoms with E-state index in [0.717, 1.165) is 11.1 Å². The number of rotatable bonds is 6. The molecule has 2 fully saturated rings. The minimum Gasteiger partial charge on any atom is -0.441 e. The van der Waals surface area contributed by atoms with Crippen LogP contribution in [-0.4, -0.2) is 53.6 Å². The summed E-state index contributed by atoms with van der Waals surface area (Å²) in [6.07, 6.45) is 0.00837. The Kier molecular flexibility index (Phi) is 6.33. The van der Waals surface area contributed by atoms with Crippen LogP contribution in [0.15, 0.2) is 66.9 Å². The highest BCUT2D eigenvalue weighted by Crippen LogP contribution is 2.30. The number of benzene rings is 2. The van der Waals surface area contributed by atoms with E-state index in [1.165, 1.54) is 0 Å². The number of anilines is 1. The SMILES string of the molecule is N#Cc1cccc(-c2ccnc(NC3COC4C(OC(=O)NCc5ccccc5)COC34)n2)c1. The van der Waals surface area contributed by atoms with Crippen LogP contribution in [0.5, 0.6) is 0 Å². The number of nitriles is 1. The lowest BCUT2D eigenvalue weighted by atomic mass is 10.1. The number of aromatic nitrogens is 2. The Hall–Kier alpha value is -4.00. The number of alkyl carbamates (subject to hydrolysis) is 1. The standard InChI is InChI=1S/C25H23N5O4/c26-12-17-7-4-8-18(11-17)19-9-10-27-24(29-19)30-20-14-32-23-21(15-33-22(20)23)34-25(31)28-13-16-5-2-1-3-6-16/h1-11,20-23H,13-15H2,(H,28,31)(H,27,29,30). The van der Waals surface area contributed by atoms with E-state index in [0.29, 0.717) is 30.4 Å². The molecular formula is C25H23N5O4. The van der Waals surface area contributed by atoms with Crippen molar-refractivity contribution in [2.75, 3.05) is 18.5 Å². The van der Waals surface area contributed by atoms with E-state index in [-0.39, 0.29) is 24.9 Å². The lowest BCUT2D eigenvalue weighted by Gasteiger charge is -2.18. The van der Waals surface area contributed by atoms with Crippen molar-refractivity contribution >= 4 is 12.0 Å². The Labute approximate surface area is 196 Å². The molecule has 9 heteroatoms. The van der Waals surface area contributed by atoms with Gasteiger partial charge in [0, 0.05) is 18.3 Å². The molecule has 2 aromatic carbocycles. The number of hydrogen-bond acceptors (Lipinski definition) is 8. The first-order chi connectivity index (χ1) is 16.7. The highest BCUT2D eigenvalue weighted by molar-refractivity contribution is 5.67. The van der Waals surface area contributed by atoms with Crippen LogP contribution < -0.4 is 10.6 Å². The van der Waals surface area contributed by atoms with E-state index in [1.54, 1.807) is 24.4 Å². The van der Waals surface area contributed by atoms with E-state index in [2.05, 4.69) is 26.7 Å². The molecule has 34 heavy (non-hydrogen) atoms. The molecule has 5 rings (SSSR count). The van der Waals surface area contributed by atoms with Gasteiger partial charge < -0.3 is 24.8 Å². The van der Waals surface area contributed by atoms with Crippen molar-refractivity contribution in [2.45, 2.75) is 30.9 Å². The third-order valence-corrected chi connectivity index (χ3v) is 5.80. The van der Waals surface area contributed by atoms with Crippen LogP contribution in [0, 0.1) is 11.3 Å². The molecule has 3 heterocycles. The van der Waals surface area contributed by atoms with Gasteiger partial charge in [-0.2, -0.15) is 5.26 Å². The lowest BCUT2D eigenvalue weighted by molar-refractivity contribution is 0.00431. The number of nitrogens with one attached hydrogen (secondary N) is 2. The Balaban J connectivity index is 1.18. The number of ether oxygens (including phenoxy) is 3. The Morgan fingerprint density at radius 1 is 1.09 bits per heavy atom. The molecule has 0 radical (unpaired) electrons. The van der Waals surface area contributed by atoms with Gasteiger partial charge in [0.05, 0.1) is 36.6 Å². The molecule has 3 aromatic rings. The number of fused-ring (bicyclic) bond motifs is 1. The number of hydrogen-bond donors (Lipinski definition) is 2. The van der Waals surface area contributed by atoms with Gasteiger partial charge in [-0.25, -0.2) is 14.8 Å². The third-order valence-electron chi connectivity index (χ3n) is 5.80. The average Bonchev–Trinajstić information content (AvgIpc) is 3.47. The molecule has 2 aliphatic heterocycles. The Morgan fingerprint density at radius 2 is 1.94 bits per heavy atom. The van der Waals surface area contributed by atoms with Gasteiger partial charge in [0.1, 0.15) is 12.2 Å². The van der Waals surface area contributed by atoms with Crippen molar-refractivity contribution in [3.05, 3.63) is 78.0 Å². The molecule has 9 nitrogen and oxygen atoms in total. The van der Waals surface area contributed by atoms with Crippen molar-refractivity contribution in [2.24, 2.45) is 0 Å². The normalized spacial score (nSPS) is 23.0. The highest BCUT2D eigenvalue weighted by Gasteiger charge is 2.49. The predicted molar refractivity (Wildman–Crippen MR) is 123 cm³/mol. The quantitative estimate of drug-likeness (QED) is 0.580. The number of carbonyl (C=O) groups is 1. The van der Waals surface area contributed by atoms with Crippen molar-refractivity contribution in [3.8, 4) is 17.3 Å². The summed E-state index contributed by atoms with van der Waals surface area (Å²) in [5.74, 6) is 0.433. The Morgan fingerprint density at radius 3 is 2.79 bits per heavy atom. The first-order valence-corrected chi connectivity index (χ1v) is 11.0. The largest absolute Gasteiger partial charge is 0.441 e. The Bertz CT molecular complexity index is 1200. The number of nitrogens with zero attached hydrogens (tertiary/aromatic N) is 3. The van der Waals surface area contributed by atoms with E-state index in [9.17, 15) is 4.79 Å². The summed E-state index contributed by atoms with van der Waals surface area (Å²) in [5.41, 5.74) is 3.09. The smallest absolute Gasteiger partial charge is 0.407 e. The summed E-state index contributed by atoms with van der Waals surface area (Å²) >= 11 is 0. The zero-order chi connectivity index (χ0) is 23.3. The van der Waals surface area contributed by atoms with Crippen LogP contribution >= 0.6 is 0 Å². The molecular weight excluding hydrogens is 434 g/mol. The molecule has 4 atom stereocenters. The zero-order valence-electron chi connectivity index (χ0n) is 18.3. The van der Waals surface area contributed by atoms with Gasteiger partial charge in [0.15, 0.2) is 6.10 Å². The van der Waals surface area contributed by atoms with Crippen LogP contribution in [-0.2, 0) is 20.8 Å². The van der Waals surface area contributed by atoms with E-state index in [4.69, 9.17) is 19.5 Å². The van der Waals surface area contributed by atoms with E-state index >= 15 is 0 Å². The summed E-state index contributed by atoms with van der Waals surface area (Å²) in [6, 6.07) is 20.6. The predicted octanol–water partition coefficient (Wildman–Crippen LogP) is 2.89. The molecule has 0 saturated carbocycles. The first-order valence-electron chi connectivity index (χ1n) is 11.0. The molecule has 2 N–H and O–H groups in total. The number of amides is 1. The molecule has 2 aliphatic rings. The third kappa shape index (κ3) is 4.83. The van der Waals surface area contributed by atoms with Crippen molar-refractivity contribution in [1.82, 2.24) is 15.3 Å². The summed E-state index contributed by atoms with van der Waals surface area (Å²) in [5, 5.41) is 15.2. The van der Waals surface area contributed by atoms with Gasteiger partial charge in [0.2, 0.25) is 5.95 Å². The zero-order valence-corrected chi connectivity index (χ0v) is 18.3. The molecule has 2 saturated heterocycles. The fourth-order valence-electron chi connectivity index (χ4n) is 4.14. The fourth-order valence-corrected chi connectivity index (χ4v) is 4.14. The first kappa shape index (κ1) is 21.8. The number of carbonyl (C=O) groups excluding carboxylic acids is 1. The van der Waals surface area contributed by atoms with Gasteiger partial charge in [-0.3, -0.25) is 0 Å². The van der Waals surface area contributed by atoms with Gasteiger partial charge in [0.25, 0.3) is 0 Å². The van der Waals surface area contributed by atoms with Crippen molar-refractivity contribution in [3.63, 3.8) is 0 Å². The van der Waals surface area contributed by atoms with Gasteiger partial charge in [-0.05, 0) is 23.8 Å². The molecule has 172 valence electrons. The highest BCUT2D eigenvalue weighted by atomic mass is 16.6. The van der Waals surface area contributed by atoms with Crippen LogP contribution in [0.25, 0.3) is 11.3 Å². The van der Waals surface area contributed by atoms with Gasteiger partial charge in [-0.15, -0.1) is 0 Å². The molecule has 0 aliphatic carbocycles. The van der Waals surface area contributed by atoms with E-state index < -0.39 is 12.2 Å². The van der Waals surface area contributed by atoms with Crippen molar-refractivity contribution < 1.29 is 19.0 Å². The summed E-state index contributed by atoms with van der Waals surface area (Å²) in [6.45, 7) is 1.02. The van der Waals surface area contributed by atoms with Crippen LogP contribution in [0.2, 0.25) is 0 Å². The van der Waals surface area contributed by atoms with Gasteiger partial charge >= 0.3 is 6.09 Å². The second kappa shape index (κ2) is 9.87. The van der Waals surface area contributed by atoms with Crippen molar-refractivity contribution in [1.29, 1.82) is 5.26 Å². The van der Waals surface area contributed by atoms with Crippen LogP contribution in [0.1, 0.15) is 11.1 Å². The minimum atomic E-state index is -0.506. The second-order valence-corrected chi connectivity index (χ2v) is 8.09. The second-order valence-electron chi connectivity index (χ2n) is 8.09. The summed E-state index contributed by atoms with van der Waals surface area (Å²) in [4.78, 5) is 21.1. The average molecular weight is 457 g/mol. The summed E-state index contributed by atoms with van der Waals surface area (Å²) < 4.78 is 17.4. The molecule has 0 spiro atoms. The molecule has 0 bridgehead atoms. The maximum absolute atomic E-state index is 12.3.